The number of aryl methyl sites for hydroxylation is 2. The minimum atomic E-state index is -3.80. The van der Waals surface area contributed by atoms with Gasteiger partial charge < -0.3 is 5.73 Å². The summed E-state index contributed by atoms with van der Waals surface area (Å²) in [6, 6.07) is 6.31. The molecule has 2 aromatic rings. The summed E-state index contributed by atoms with van der Waals surface area (Å²) in [4.78, 5) is 8.14. The van der Waals surface area contributed by atoms with E-state index >= 15 is 0 Å². The summed E-state index contributed by atoms with van der Waals surface area (Å²) < 4.78 is 27.4. The van der Waals surface area contributed by atoms with Crippen LogP contribution in [-0.4, -0.2) is 18.4 Å². The monoisotopic (exact) mass is 356 g/mol. The highest BCUT2D eigenvalue weighted by Crippen LogP contribution is 2.25. The van der Waals surface area contributed by atoms with Gasteiger partial charge in [-0.2, -0.15) is 0 Å². The molecule has 0 saturated carbocycles. The number of hydrogen-bond acceptors (Lipinski definition) is 5. The minimum Gasteiger partial charge on any atom is -0.399 e. The third kappa shape index (κ3) is 3.26. The van der Waals surface area contributed by atoms with Crippen LogP contribution < -0.4 is 10.5 Å². The Labute approximate surface area is 125 Å². The van der Waals surface area contributed by atoms with Crippen molar-refractivity contribution in [3.63, 3.8) is 0 Å². The van der Waals surface area contributed by atoms with Crippen molar-refractivity contribution >= 4 is 37.6 Å². The third-order valence-corrected chi connectivity index (χ3v) is 4.77. The van der Waals surface area contributed by atoms with Gasteiger partial charge in [0.05, 0.1) is 0 Å². The lowest BCUT2D eigenvalue weighted by atomic mass is 10.3. The predicted octanol–water partition coefficient (Wildman–Crippen LogP) is 2.24. The van der Waals surface area contributed by atoms with Crippen molar-refractivity contribution in [3.8, 4) is 0 Å². The molecule has 3 N–H and O–H groups in total. The molecule has 0 atom stereocenters. The lowest BCUT2D eigenvalue weighted by Crippen LogP contribution is -2.16. The Balaban J connectivity index is 2.43. The molecule has 20 heavy (non-hydrogen) atoms. The van der Waals surface area contributed by atoms with Crippen molar-refractivity contribution in [2.75, 3.05) is 10.5 Å². The van der Waals surface area contributed by atoms with Crippen LogP contribution in [0.3, 0.4) is 0 Å². The highest BCUT2D eigenvalue weighted by atomic mass is 79.9. The molecular formula is C12H13BrN4O2S. The van der Waals surface area contributed by atoms with Crippen molar-refractivity contribution in [2.45, 2.75) is 18.7 Å². The fourth-order valence-corrected chi connectivity index (χ4v) is 3.62. The summed E-state index contributed by atoms with van der Waals surface area (Å²) in [5.74, 6) is 0.0387. The third-order valence-electron chi connectivity index (χ3n) is 2.45. The molecule has 8 heteroatoms. The first-order chi connectivity index (χ1) is 9.28. The maximum Gasteiger partial charge on any atom is 0.265 e. The number of aromatic nitrogens is 2. The molecule has 0 bridgehead atoms. The number of rotatable bonds is 3. The van der Waals surface area contributed by atoms with E-state index in [0.717, 1.165) is 0 Å². The van der Waals surface area contributed by atoms with Crippen LogP contribution in [0.25, 0.3) is 0 Å². The van der Waals surface area contributed by atoms with Gasteiger partial charge in [-0.05, 0) is 54.0 Å². The summed E-state index contributed by atoms with van der Waals surface area (Å²) in [6.07, 6.45) is 0. The first kappa shape index (κ1) is 14.7. The summed E-state index contributed by atoms with van der Waals surface area (Å²) in [7, 11) is -3.80. The first-order valence-electron chi connectivity index (χ1n) is 5.68. The molecule has 0 aliphatic carbocycles. The summed E-state index contributed by atoms with van der Waals surface area (Å²) in [6.45, 7) is 3.53. The van der Waals surface area contributed by atoms with E-state index in [1.54, 1.807) is 32.0 Å². The van der Waals surface area contributed by atoms with E-state index in [0.29, 0.717) is 21.5 Å². The highest BCUT2D eigenvalue weighted by Gasteiger charge is 2.19. The Kier molecular flexibility index (Phi) is 3.96. The quantitative estimate of drug-likeness (QED) is 0.821. The van der Waals surface area contributed by atoms with Gasteiger partial charge in [-0.3, -0.25) is 0 Å². The number of sulfonamides is 1. The van der Waals surface area contributed by atoms with E-state index in [4.69, 9.17) is 5.73 Å². The average molecular weight is 357 g/mol. The van der Waals surface area contributed by atoms with Gasteiger partial charge in [0.25, 0.3) is 10.0 Å². The van der Waals surface area contributed by atoms with Crippen molar-refractivity contribution in [1.29, 1.82) is 0 Å². The van der Waals surface area contributed by atoms with Gasteiger partial charge in [-0.25, -0.2) is 23.1 Å². The zero-order valence-corrected chi connectivity index (χ0v) is 13.3. The van der Waals surface area contributed by atoms with Crippen molar-refractivity contribution < 1.29 is 8.42 Å². The Bertz CT molecular complexity index is 742. The van der Waals surface area contributed by atoms with E-state index in [1.807, 2.05) is 0 Å². The van der Waals surface area contributed by atoms with E-state index in [9.17, 15) is 8.42 Å². The predicted molar refractivity (Wildman–Crippen MR) is 80.9 cm³/mol. The van der Waals surface area contributed by atoms with Crippen LogP contribution in [0.5, 0.6) is 0 Å². The molecule has 6 nitrogen and oxygen atoms in total. The molecule has 2 rings (SSSR count). The number of benzene rings is 1. The second-order valence-electron chi connectivity index (χ2n) is 4.27. The number of nitrogens with one attached hydrogen (secondary N) is 1. The highest BCUT2D eigenvalue weighted by molar-refractivity contribution is 9.10. The van der Waals surface area contributed by atoms with Crippen LogP contribution in [0.1, 0.15) is 11.4 Å². The molecule has 0 fully saturated rings. The van der Waals surface area contributed by atoms with Crippen molar-refractivity contribution in [2.24, 2.45) is 0 Å². The fourth-order valence-electron chi connectivity index (χ4n) is 1.67. The SMILES string of the molecule is Cc1cc(C)nc(NS(=O)(=O)c2cc(N)ccc2Br)n1. The minimum absolute atomic E-state index is 0.0387. The molecule has 0 amide bonds. The Hall–Kier alpha value is -1.67. The Morgan fingerprint density at radius 2 is 1.75 bits per heavy atom. The average Bonchev–Trinajstić information content (AvgIpc) is 2.30. The smallest absolute Gasteiger partial charge is 0.265 e. The second-order valence-corrected chi connectivity index (χ2v) is 6.77. The van der Waals surface area contributed by atoms with Gasteiger partial charge in [-0.15, -0.1) is 0 Å². The van der Waals surface area contributed by atoms with Gasteiger partial charge in [0.2, 0.25) is 5.95 Å². The molecule has 0 aliphatic heterocycles. The van der Waals surface area contributed by atoms with Gasteiger partial charge >= 0.3 is 0 Å². The topological polar surface area (TPSA) is 98.0 Å². The van der Waals surface area contributed by atoms with Crippen molar-refractivity contribution in [3.05, 3.63) is 40.1 Å². The largest absolute Gasteiger partial charge is 0.399 e. The molecule has 1 aromatic heterocycles. The molecule has 0 saturated heterocycles. The summed E-state index contributed by atoms with van der Waals surface area (Å²) >= 11 is 3.19. The Morgan fingerprint density at radius 3 is 2.35 bits per heavy atom. The van der Waals surface area contributed by atoms with E-state index in [2.05, 4.69) is 30.6 Å². The van der Waals surface area contributed by atoms with E-state index < -0.39 is 10.0 Å². The lowest BCUT2D eigenvalue weighted by molar-refractivity contribution is 0.600. The zero-order valence-electron chi connectivity index (χ0n) is 10.9. The number of nitrogens with two attached hydrogens (primary N) is 1. The normalized spacial score (nSPS) is 11.3. The number of anilines is 2. The summed E-state index contributed by atoms with van der Waals surface area (Å²) in [5, 5.41) is 0. The molecule has 0 aliphatic rings. The molecule has 0 radical (unpaired) electrons. The molecular weight excluding hydrogens is 344 g/mol. The lowest BCUT2D eigenvalue weighted by Gasteiger charge is -2.10. The summed E-state index contributed by atoms with van der Waals surface area (Å²) in [5.41, 5.74) is 7.34. The molecule has 1 heterocycles. The first-order valence-corrected chi connectivity index (χ1v) is 7.96. The van der Waals surface area contributed by atoms with Crippen LogP contribution in [0, 0.1) is 13.8 Å². The second kappa shape index (κ2) is 5.37. The number of nitrogens with zero attached hydrogens (tertiary/aromatic N) is 2. The van der Waals surface area contributed by atoms with Gasteiger partial charge in [0, 0.05) is 21.5 Å². The van der Waals surface area contributed by atoms with E-state index in [-0.39, 0.29) is 10.8 Å². The van der Waals surface area contributed by atoms with Crippen LogP contribution in [0.15, 0.2) is 33.6 Å². The number of hydrogen-bond donors (Lipinski definition) is 2. The van der Waals surface area contributed by atoms with Crippen LogP contribution in [-0.2, 0) is 10.0 Å². The zero-order chi connectivity index (χ0) is 14.9. The van der Waals surface area contributed by atoms with Crippen LogP contribution in [0.2, 0.25) is 0 Å². The number of nitrogen functional groups attached to an aromatic ring is 1. The number of halogens is 1. The van der Waals surface area contributed by atoms with Crippen LogP contribution in [0.4, 0.5) is 11.6 Å². The standard InChI is InChI=1S/C12H13BrN4O2S/c1-7-5-8(2)16-12(15-7)17-20(18,19)11-6-9(14)3-4-10(11)13/h3-6H,14H2,1-2H3,(H,15,16,17). The molecule has 0 spiro atoms. The molecule has 0 unspecified atom stereocenters. The fraction of sp³-hybridized carbons (Fsp3) is 0.167. The van der Waals surface area contributed by atoms with Crippen molar-refractivity contribution in [1.82, 2.24) is 9.97 Å². The van der Waals surface area contributed by atoms with E-state index in [1.165, 1.54) is 6.07 Å². The maximum atomic E-state index is 12.3. The van der Waals surface area contributed by atoms with Gasteiger partial charge in [-0.1, -0.05) is 0 Å². The van der Waals surface area contributed by atoms with Gasteiger partial charge in [0.15, 0.2) is 0 Å². The van der Waals surface area contributed by atoms with Crippen LogP contribution >= 0.6 is 15.9 Å². The Morgan fingerprint density at radius 1 is 1.15 bits per heavy atom. The molecule has 1 aromatic carbocycles. The maximum absolute atomic E-state index is 12.3. The molecule has 106 valence electrons. The van der Waals surface area contributed by atoms with Gasteiger partial charge in [0.1, 0.15) is 4.90 Å².